The third-order valence-electron chi connectivity index (χ3n) is 2.24. The molecule has 0 spiro atoms. The first kappa shape index (κ1) is 10.9. The maximum Gasteiger partial charge on any atom is 0.147 e. The smallest absolute Gasteiger partial charge is 0.147 e. The van der Waals surface area contributed by atoms with E-state index < -0.39 is 0 Å². The second kappa shape index (κ2) is 4.91. The summed E-state index contributed by atoms with van der Waals surface area (Å²) in [4.78, 5) is 8.26. The van der Waals surface area contributed by atoms with E-state index in [1.54, 1.807) is 12.4 Å². The lowest BCUT2D eigenvalue weighted by Crippen LogP contribution is -2.30. The van der Waals surface area contributed by atoms with Crippen molar-refractivity contribution in [2.45, 2.75) is 39.3 Å². The molecule has 0 fully saturated rings. The van der Waals surface area contributed by atoms with Crippen molar-refractivity contribution in [1.29, 1.82) is 0 Å². The van der Waals surface area contributed by atoms with Crippen molar-refractivity contribution in [1.82, 2.24) is 9.97 Å². The minimum Gasteiger partial charge on any atom is -0.391 e. The van der Waals surface area contributed by atoms with Crippen molar-refractivity contribution in [3.05, 3.63) is 18.1 Å². The van der Waals surface area contributed by atoms with Crippen LogP contribution in [-0.2, 0) is 0 Å². The molecule has 0 aliphatic heterocycles. The topological polar surface area (TPSA) is 58.0 Å². The summed E-state index contributed by atoms with van der Waals surface area (Å²) in [5.74, 6) is 0.743. The molecule has 78 valence electrons. The molecule has 4 nitrogen and oxygen atoms in total. The lowest BCUT2D eigenvalue weighted by molar-refractivity contribution is 0.153. The number of hydrogen-bond donors (Lipinski definition) is 2. The van der Waals surface area contributed by atoms with Crippen LogP contribution in [0.1, 0.15) is 26.0 Å². The SMILES string of the molecule is CCC(O)C(C)Nc1nccnc1C. The Hall–Kier alpha value is -1.16. The molecule has 0 aromatic carbocycles. The summed E-state index contributed by atoms with van der Waals surface area (Å²) in [5, 5.41) is 12.7. The Kier molecular flexibility index (Phi) is 3.83. The first-order valence-electron chi connectivity index (χ1n) is 4.87. The van der Waals surface area contributed by atoms with E-state index in [1.165, 1.54) is 0 Å². The van der Waals surface area contributed by atoms with Gasteiger partial charge in [-0.1, -0.05) is 6.92 Å². The second-order valence-electron chi connectivity index (χ2n) is 3.40. The van der Waals surface area contributed by atoms with Crippen LogP contribution >= 0.6 is 0 Å². The quantitative estimate of drug-likeness (QED) is 0.761. The van der Waals surface area contributed by atoms with Gasteiger partial charge in [-0.2, -0.15) is 0 Å². The molecule has 4 heteroatoms. The normalized spacial score (nSPS) is 14.9. The Morgan fingerprint density at radius 3 is 2.64 bits per heavy atom. The number of nitrogens with zero attached hydrogens (tertiary/aromatic N) is 2. The van der Waals surface area contributed by atoms with Gasteiger partial charge in [-0.15, -0.1) is 0 Å². The van der Waals surface area contributed by atoms with E-state index in [9.17, 15) is 5.11 Å². The van der Waals surface area contributed by atoms with Gasteiger partial charge in [0.15, 0.2) is 0 Å². The minimum absolute atomic E-state index is 0.00426. The van der Waals surface area contributed by atoms with Crippen molar-refractivity contribution in [3.63, 3.8) is 0 Å². The molecule has 2 atom stereocenters. The van der Waals surface area contributed by atoms with Crippen LogP contribution in [0.3, 0.4) is 0 Å². The predicted octanol–water partition coefficient (Wildman–Crippen LogP) is 1.36. The molecule has 0 aliphatic rings. The monoisotopic (exact) mass is 195 g/mol. The molecule has 2 unspecified atom stereocenters. The molecule has 0 amide bonds. The van der Waals surface area contributed by atoms with E-state index in [0.29, 0.717) is 0 Å². The fourth-order valence-corrected chi connectivity index (χ4v) is 1.21. The van der Waals surface area contributed by atoms with Crippen LogP contribution in [0.25, 0.3) is 0 Å². The molecule has 0 saturated carbocycles. The maximum absolute atomic E-state index is 9.57. The summed E-state index contributed by atoms with van der Waals surface area (Å²) in [6.07, 6.45) is 3.67. The number of aromatic nitrogens is 2. The largest absolute Gasteiger partial charge is 0.391 e. The second-order valence-corrected chi connectivity index (χ2v) is 3.40. The highest BCUT2D eigenvalue weighted by Crippen LogP contribution is 2.10. The van der Waals surface area contributed by atoms with Gasteiger partial charge in [-0.05, 0) is 20.3 Å². The van der Waals surface area contributed by atoms with Crippen LogP contribution in [0.15, 0.2) is 12.4 Å². The lowest BCUT2D eigenvalue weighted by Gasteiger charge is -2.19. The Labute approximate surface area is 84.4 Å². The summed E-state index contributed by atoms with van der Waals surface area (Å²) in [5.41, 5.74) is 0.850. The summed E-state index contributed by atoms with van der Waals surface area (Å²) in [7, 11) is 0. The van der Waals surface area contributed by atoms with Gasteiger partial charge in [0.2, 0.25) is 0 Å². The molecule has 14 heavy (non-hydrogen) atoms. The summed E-state index contributed by atoms with van der Waals surface area (Å²) in [6.45, 7) is 5.77. The average molecular weight is 195 g/mol. The number of anilines is 1. The van der Waals surface area contributed by atoms with Gasteiger partial charge in [0.05, 0.1) is 17.8 Å². The Bertz CT molecular complexity index is 290. The highest BCUT2D eigenvalue weighted by molar-refractivity contribution is 5.39. The van der Waals surface area contributed by atoms with E-state index in [-0.39, 0.29) is 12.1 Å². The predicted molar refractivity (Wildman–Crippen MR) is 56.2 cm³/mol. The molecule has 1 aromatic heterocycles. The molecule has 0 saturated heterocycles. The highest BCUT2D eigenvalue weighted by Gasteiger charge is 2.12. The molecular weight excluding hydrogens is 178 g/mol. The van der Waals surface area contributed by atoms with Crippen LogP contribution in [0.5, 0.6) is 0 Å². The first-order valence-corrected chi connectivity index (χ1v) is 4.87. The molecular formula is C10H17N3O. The number of aliphatic hydroxyl groups excluding tert-OH is 1. The standard InChI is InChI=1S/C10H17N3O/c1-4-9(14)7(2)13-10-8(3)11-5-6-12-10/h5-7,9,14H,4H2,1-3H3,(H,12,13). The summed E-state index contributed by atoms with van der Waals surface area (Å²) in [6, 6.07) is -0.00426. The van der Waals surface area contributed by atoms with Gasteiger partial charge in [0.25, 0.3) is 0 Å². The van der Waals surface area contributed by atoms with Gasteiger partial charge in [-0.3, -0.25) is 4.98 Å². The fraction of sp³-hybridized carbons (Fsp3) is 0.600. The van der Waals surface area contributed by atoms with Crippen LogP contribution < -0.4 is 5.32 Å². The first-order chi connectivity index (χ1) is 6.65. The molecule has 2 N–H and O–H groups in total. The molecule has 0 radical (unpaired) electrons. The summed E-state index contributed by atoms with van der Waals surface area (Å²) < 4.78 is 0. The van der Waals surface area contributed by atoms with Gasteiger partial charge in [0, 0.05) is 12.4 Å². The van der Waals surface area contributed by atoms with E-state index >= 15 is 0 Å². The molecule has 1 aromatic rings. The Morgan fingerprint density at radius 2 is 2.07 bits per heavy atom. The lowest BCUT2D eigenvalue weighted by atomic mass is 10.1. The number of rotatable bonds is 4. The minimum atomic E-state index is -0.351. The van der Waals surface area contributed by atoms with Crippen LogP contribution in [0.4, 0.5) is 5.82 Å². The third kappa shape index (κ3) is 2.67. The van der Waals surface area contributed by atoms with Gasteiger partial charge in [-0.25, -0.2) is 4.98 Å². The fourth-order valence-electron chi connectivity index (χ4n) is 1.21. The maximum atomic E-state index is 9.57. The van der Waals surface area contributed by atoms with E-state index in [2.05, 4.69) is 15.3 Å². The Morgan fingerprint density at radius 1 is 1.43 bits per heavy atom. The number of hydrogen-bond acceptors (Lipinski definition) is 4. The van der Waals surface area contributed by atoms with E-state index in [4.69, 9.17) is 0 Å². The van der Waals surface area contributed by atoms with Gasteiger partial charge in [0.1, 0.15) is 5.82 Å². The van der Waals surface area contributed by atoms with Crippen molar-refractivity contribution in [3.8, 4) is 0 Å². The van der Waals surface area contributed by atoms with Crippen molar-refractivity contribution in [2.24, 2.45) is 0 Å². The van der Waals surface area contributed by atoms with E-state index in [0.717, 1.165) is 17.9 Å². The van der Waals surface area contributed by atoms with Gasteiger partial charge < -0.3 is 10.4 Å². The Balaban J connectivity index is 2.64. The number of aryl methyl sites for hydroxylation is 1. The zero-order valence-electron chi connectivity index (χ0n) is 8.86. The third-order valence-corrected chi connectivity index (χ3v) is 2.24. The molecule has 1 heterocycles. The van der Waals surface area contributed by atoms with Crippen molar-refractivity contribution in [2.75, 3.05) is 5.32 Å². The van der Waals surface area contributed by atoms with Crippen LogP contribution in [0, 0.1) is 6.92 Å². The van der Waals surface area contributed by atoms with Crippen LogP contribution in [-0.4, -0.2) is 27.2 Å². The zero-order chi connectivity index (χ0) is 10.6. The van der Waals surface area contributed by atoms with Crippen molar-refractivity contribution < 1.29 is 5.11 Å². The number of nitrogens with one attached hydrogen (secondary N) is 1. The van der Waals surface area contributed by atoms with Crippen molar-refractivity contribution >= 4 is 5.82 Å². The van der Waals surface area contributed by atoms with Crippen LogP contribution in [0.2, 0.25) is 0 Å². The average Bonchev–Trinajstić information content (AvgIpc) is 2.20. The zero-order valence-corrected chi connectivity index (χ0v) is 8.86. The molecule has 0 bridgehead atoms. The van der Waals surface area contributed by atoms with Gasteiger partial charge >= 0.3 is 0 Å². The number of aliphatic hydroxyl groups is 1. The highest BCUT2D eigenvalue weighted by atomic mass is 16.3. The summed E-state index contributed by atoms with van der Waals surface area (Å²) >= 11 is 0. The molecule has 1 rings (SSSR count). The molecule has 0 aliphatic carbocycles. The van der Waals surface area contributed by atoms with E-state index in [1.807, 2.05) is 20.8 Å².